The fourth-order valence-corrected chi connectivity index (χ4v) is 2.89. The third kappa shape index (κ3) is 7.60. The number of nitrogens with zero attached hydrogens (tertiary/aromatic N) is 2. The molecule has 8 heteroatoms. The first-order chi connectivity index (χ1) is 15.2. The number of aliphatic imine (C=N–C) groups is 1. The zero-order valence-electron chi connectivity index (χ0n) is 18.5. The van der Waals surface area contributed by atoms with E-state index in [2.05, 4.69) is 20.6 Å². The first-order valence-electron chi connectivity index (χ1n) is 10.1. The van der Waals surface area contributed by atoms with Crippen molar-refractivity contribution in [1.29, 1.82) is 0 Å². The highest BCUT2D eigenvalue weighted by Crippen LogP contribution is 2.30. The first kappa shape index (κ1) is 25.3. The third-order valence-corrected chi connectivity index (χ3v) is 4.44. The van der Waals surface area contributed by atoms with Gasteiger partial charge < -0.3 is 24.8 Å². The van der Waals surface area contributed by atoms with Gasteiger partial charge in [0.05, 0.1) is 13.7 Å². The number of hydrogen-bond acceptors (Lipinski definition) is 5. The van der Waals surface area contributed by atoms with Crippen LogP contribution in [0.3, 0.4) is 0 Å². The largest absolute Gasteiger partial charge is 0.493 e. The summed E-state index contributed by atoms with van der Waals surface area (Å²) in [6.07, 6.45) is 1.74. The van der Waals surface area contributed by atoms with Gasteiger partial charge in [0.15, 0.2) is 17.5 Å². The highest BCUT2D eigenvalue weighted by molar-refractivity contribution is 14.0. The Morgan fingerprint density at radius 3 is 2.50 bits per heavy atom. The van der Waals surface area contributed by atoms with Gasteiger partial charge in [-0.05, 0) is 36.2 Å². The first-order valence-corrected chi connectivity index (χ1v) is 10.1. The molecule has 0 spiro atoms. The minimum Gasteiger partial charge on any atom is -0.493 e. The van der Waals surface area contributed by atoms with Crippen molar-refractivity contribution in [2.24, 2.45) is 4.99 Å². The molecular formula is C24H29IN4O3. The Bertz CT molecular complexity index is 1000. The van der Waals surface area contributed by atoms with Crippen LogP contribution in [0.15, 0.2) is 71.9 Å². The summed E-state index contributed by atoms with van der Waals surface area (Å²) < 4.78 is 16.8. The van der Waals surface area contributed by atoms with Gasteiger partial charge in [0.1, 0.15) is 6.61 Å². The van der Waals surface area contributed by atoms with Crippen LogP contribution in [0.2, 0.25) is 0 Å². The van der Waals surface area contributed by atoms with Gasteiger partial charge >= 0.3 is 0 Å². The van der Waals surface area contributed by atoms with E-state index in [-0.39, 0.29) is 24.0 Å². The fraction of sp³-hybridized carbons (Fsp3) is 0.250. The summed E-state index contributed by atoms with van der Waals surface area (Å²) in [7, 11) is 3.34. The van der Waals surface area contributed by atoms with Crippen molar-refractivity contribution < 1.29 is 14.2 Å². The average Bonchev–Trinajstić information content (AvgIpc) is 2.82. The molecule has 2 aromatic carbocycles. The molecule has 0 aliphatic rings. The third-order valence-electron chi connectivity index (χ3n) is 4.44. The van der Waals surface area contributed by atoms with Crippen molar-refractivity contribution in [3.8, 4) is 17.4 Å². The highest BCUT2D eigenvalue weighted by Gasteiger charge is 2.07. The van der Waals surface area contributed by atoms with E-state index in [1.807, 2.05) is 67.6 Å². The van der Waals surface area contributed by atoms with Crippen LogP contribution < -0.4 is 24.8 Å². The van der Waals surface area contributed by atoms with E-state index in [0.717, 1.165) is 16.8 Å². The number of methoxy groups -OCH3 is 1. The number of halogens is 1. The molecule has 1 heterocycles. The Balaban J connectivity index is 0.00000363. The molecule has 0 atom stereocenters. The quantitative estimate of drug-likeness (QED) is 0.226. The topological polar surface area (TPSA) is 77.0 Å². The molecule has 0 fully saturated rings. The van der Waals surface area contributed by atoms with E-state index < -0.39 is 0 Å². The smallest absolute Gasteiger partial charge is 0.213 e. The Labute approximate surface area is 206 Å². The zero-order chi connectivity index (χ0) is 21.9. The summed E-state index contributed by atoms with van der Waals surface area (Å²) in [6.45, 7) is 3.56. The van der Waals surface area contributed by atoms with Crippen LogP contribution in [-0.2, 0) is 13.2 Å². The lowest BCUT2D eigenvalue weighted by atomic mass is 10.2. The SMILES string of the molecule is CCOc1ccc(NC(=NC)NCc2ccnc(OCc3ccccc3)c2)cc1OC.I. The predicted octanol–water partition coefficient (Wildman–Crippen LogP) is 4.87. The fourth-order valence-electron chi connectivity index (χ4n) is 2.89. The Morgan fingerprint density at radius 2 is 1.78 bits per heavy atom. The van der Waals surface area contributed by atoms with Gasteiger partial charge in [0.25, 0.3) is 0 Å². The monoisotopic (exact) mass is 548 g/mol. The molecular weight excluding hydrogens is 519 g/mol. The maximum absolute atomic E-state index is 5.81. The Kier molecular flexibility index (Phi) is 10.6. The number of guanidine groups is 1. The van der Waals surface area contributed by atoms with Crippen LogP contribution in [0.5, 0.6) is 17.4 Å². The molecule has 3 aromatic rings. The number of ether oxygens (including phenoxy) is 3. The van der Waals surface area contributed by atoms with Crippen LogP contribution in [0.4, 0.5) is 5.69 Å². The van der Waals surface area contributed by atoms with Crippen molar-refractivity contribution >= 4 is 35.6 Å². The highest BCUT2D eigenvalue weighted by atomic mass is 127. The molecule has 32 heavy (non-hydrogen) atoms. The summed E-state index contributed by atoms with van der Waals surface area (Å²) in [4.78, 5) is 8.58. The molecule has 0 amide bonds. The molecule has 2 N–H and O–H groups in total. The molecule has 0 saturated heterocycles. The number of rotatable bonds is 9. The van der Waals surface area contributed by atoms with Crippen molar-refractivity contribution in [2.75, 3.05) is 26.1 Å². The van der Waals surface area contributed by atoms with Crippen molar-refractivity contribution in [2.45, 2.75) is 20.1 Å². The summed E-state index contributed by atoms with van der Waals surface area (Å²) in [5.74, 6) is 2.59. The molecule has 0 unspecified atom stereocenters. The molecule has 0 aliphatic carbocycles. The maximum Gasteiger partial charge on any atom is 0.213 e. The number of aromatic nitrogens is 1. The number of anilines is 1. The van der Waals surface area contributed by atoms with Gasteiger partial charge in [0.2, 0.25) is 5.88 Å². The van der Waals surface area contributed by atoms with Crippen LogP contribution in [-0.4, -0.2) is 31.7 Å². The molecule has 7 nitrogen and oxygen atoms in total. The van der Waals surface area contributed by atoms with Gasteiger partial charge in [-0.25, -0.2) is 4.98 Å². The van der Waals surface area contributed by atoms with Gasteiger partial charge in [-0.3, -0.25) is 4.99 Å². The molecule has 3 rings (SSSR count). The number of benzene rings is 2. The lowest BCUT2D eigenvalue weighted by molar-refractivity contribution is 0.293. The van der Waals surface area contributed by atoms with E-state index >= 15 is 0 Å². The number of nitrogens with one attached hydrogen (secondary N) is 2. The second-order valence-electron chi connectivity index (χ2n) is 6.63. The van der Waals surface area contributed by atoms with Crippen molar-refractivity contribution in [1.82, 2.24) is 10.3 Å². The standard InChI is InChI=1S/C24H28N4O3.HI/c1-4-30-21-11-10-20(15-22(21)29-3)28-24(25-2)27-16-19-12-13-26-23(14-19)31-17-18-8-6-5-7-9-18;/h5-15H,4,16-17H2,1-3H3,(H2,25,27,28);1H. The van der Waals surface area contributed by atoms with E-state index in [1.165, 1.54) is 0 Å². The summed E-state index contributed by atoms with van der Waals surface area (Å²) in [6, 6.07) is 19.5. The summed E-state index contributed by atoms with van der Waals surface area (Å²) in [5, 5.41) is 6.56. The van der Waals surface area contributed by atoms with Crippen molar-refractivity contribution in [3.05, 3.63) is 78.0 Å². The normalized spacial score (nSPS) is 10.7. The van der Waals surface area contributed by atoms with Gasteiger partial charge in [-0.1, -0.05) is 30.3 Å². The second kappa shape index (κ2) is 13.4. The lowest BCUT2D eigenvalue weighted by Crippen LogP contribution is -2.30. The molecule has 0 aliphatic heterocycles. The van der Waals surface area contributed by atoms with Crippen LogP contribution in [0, 0.1) is 0 Å². The van der Waals surface area contributed by atoms with Gasteiger partial charge in [-0.15, -0.1) is 24.0 Å². The minimum absolute atomic E-state index is 0. The Hall–Kier alpha value is -3.01. The van der Waals surface area contributed by atoms with Gasteiger partial charge in [0, 0.05) is 37.6 Å². The molecule has 0 saturated carbocycles. The van der Waals surface area contributed by atoms with E-state index in [0.29, 0.717) is 43.1 Å². The van der Waals surface area contributed by atoms with Crippen molar-refractivity contribution in [3.63, 3.8) is 0 Å². The predicted molar refractivity (Wildman–Crippen MR) is 138 cm³/mol. The minimum atomic E-state index is 0. The number of pyridine rings is 1. The molecule has 0 radical (unpaired) electrons. The Morgan fingerprint density at radius 1 is 0.969 bits per heavy atom. The summed E-state index contributed by atoms with van der Waals surface area (Å²) >= 11 is 0. The zero-order valence-corrected chi connectivity index (χ0v) is 20.8. The van der Waals surface area contributed by atoms with E-state index in [9.17, 15) is 0 Å². The second-order valence-corrected chi connectivity index (χ2v) is 6.63. The summed E-state index contributed by atoms with van der Waals surface area (Å²) in [5.41, 5.74) is 2.98. The molecule has 1 aromatic heterocycles. The van der Waals surface area contributed by atoms with Crippen LogP contribution in [0.1, 0.15) is 18.1 Å². The maximum atomic E-state index is 5.81. The number of hydrogen-bond donors (Lipinski definition) is 2. The van der Waals surface area contributed by atoms with E-state index in [1.54, 1.807) is 20.4 Å². The molecule has 0 bridgehead atoms. The lowest BCUT2D eigenvalue weighted by Gasteiger charge is -2.15. The van der Waals surface area contributed by atoms with Gasteiger partial charge in [-0.2, -0.15) is 0 Å². The van der Waals surface area contributed by atoms with Crippen LogP contribution in [0.25, 0.3) is 0 Å². The van der Waals surface area contributed by atoms with E-state index in [4.69, 9.17) is 14.2 Å². The van der Waals surface area contributed by atoms with Crippen LogP contribution >= 0.6 is 24.0 Å². The molecule has 170 valence electrons. The average molecular weight is 548 g/mol.